The van der Waals surface area contributed by atoms with Crippen molar-refractivity contribution in [3.05, 3.63) is 42.7 Å². The Balaban J connectivity index is 2.53. The molecule has 1 aromatic carbocycles. The summed E-state index contributed by atoms with van der Waals surface area (Å²) < 4.78 is 5.23. The van der Waals surface area contributed by atoms with Crippen LogP contribution in [-0.2, 0) is 0 Å². The highest BCUT2D eigenvalue weighted by atomic mass is 16.5. The fraction of sp³-hybridized carbons (Fsp3) is 0.0833. The van der Waals surface area contributed by atoms with Crippen molar-refractivity contribution < 1.29 is 9.84 Å². The number of nitrogens with zero attached hydrogens (tertiary/aromatic N) is 1. The normalized spacial score (nSPS) is 9.93. The molecule has 3 heteroatoms. The van der Waals surface area contributed by atoms with E-state index in [0.717, 1.165) is 16.9 Å². The van der Waals surface area contributed by atoms with Gasteiger partial charge in [0, 0.05) is 17.3 Å². The number of hydrogen-bond acceptors (Lipinski definition) is 3. The molecule has 0 spiro atoms. The van der Waals surface area contributed by atoms with Gasteiger partial charge >= 0.3 is 0 Å². The third-order valence-corrected chi connectivity index (χ3v) is 2.14. The van der Waals surface area contributed by atoms with Gasteiger partial charge in [0.2, 0.25) is 0 Å². The third kappa shape index (κ3) is 1.91. The number of pyridine rings is 1. The summed E-state index contributed by atoms with van der Waals surface area (Å²) in [6, 6.07) is 9.28. The lowest BCUT2D eigenvalue weighted by Crippen LogP contribution is -1.87. The first-order valence-electron chi connectivity index (χ1n) is 4.58. The summed E-state index contributed by atoms with van der Waals surface area (Å²) in [5.41, 5.74) is 1.76. The smallest absolute Gasteiger partial charge is 0.134 e. The van der Waals surface area contributed by atoms with E-state index in [-0.39, 0.29) is 5.75 Å². The van der Waals surface area contributed by atoms with E-state index in [1.54, 1.807) is 19.4 Å². The number of benzene rings is 1. The van der Waals surface area contributed by atoms with Gasteiger partial charge in [0.05, 0.1) is 13.3 Å². The first-order valence-corrected chi connectivity index (χ1v) is 4.58. The van der Waals surface area contributed by atoms with Gasteiger partial charge in [0.1, 0.15) is 11.5 Å². The number of para-hydroxylation sites is 1. The van der Waals surface area contributed by atoms with Gasteiger partial charge in [-0.3, -0.25) is 4.98 Å². The second-order valence-corrected chi connectivity index (χ2v) is 3.13. The average molecular weight is 201 g/mol. The van der Waals surface area contributed by atoms with Gasteiger partial charge in [0.15, 0.2) is 0 Å². The highest BCUT2D eigenvalue weighted by molar-refractivity contribution is 5.70. The number of rotatable bonds is 2. The zero-order valence-electron chi connectivity index (χ0n) is 8.34. The molecule has 0 aliphatic heterocycles. The molecule has 0 radical (unpaired) electrons. The van der Waals surface area contributed by atoms with E-state index in [9.17, 15) is 5.11 Å². The topological polar surface area (TPSA) is 42.4 Å². The summed E-state index contributed by atoms with van der Waals surface area (Å²) in [7, 11) is 1.62. The number of ether oxygens (including phenoxy) is 1. The molecule has 1 N–H and O–H groups in total. The molecule has 0 bridgehead atoms. The lowest BCUT2D eigenvalue weighted by molar-refractivity contribution is 0.416. The van der Waals surface area contributed by atoms with Crippen LogP contribution in [0.4, 0.5) is 0 Å². The molecule has 0 saturated carbocycles. The van der Waals surface area contributed by atoms with Crippen LogP contribution in [0.15, 0.2) is 42.7 Å². The SMILES string of the molecule is COc1ccccc1-c1cncc(O)c1. The summed E-state index contributed by atoms with van der Waals surface area (Å²) >= 11 is 0. The van der Waals surface area contributed by atoms with Crippen LogP contribution in [0.3, 0.4) is 0 Å². The van der Waals surface area contributed by atoms with E-state index in [1.807, 2.05) is 24.3 Å². The van der Waals surface area contributed by atoms with E-state index in [2.05, 4.69) is 4.98 Å². The lowest BCUT2D eigenvalue weighted by Gasteiger charge is -2.07. The molecule has 0 aliphatic carbocycles. The number of aromatic hydroxyl groups is 1. The van der Waals surface area contributed by atoms with Crippen molar-refractivity contribution in [2.45, 2.75) is 0 Å². The lowest BCUT2D eigenvalue weighted by atomic mass is 10.1. The van der Waals surface area contributed by atoms with E-state index < -0.39 is 0 Å². The van der Waals surface area contributed by atoms with E-state index >= 15 is 0 Å². The summed E-state index contributed by atoms with van der Waals surface area (Å²) in [4.78, 5) is 3.93. The monoisotopic (exact) mass is 201 g/mol. The Kier molecular flexibility index (Phi) is 2.54. The minimum Gasteiger partial charge on any atom is -0.506 e. The predicted molar refractivity (Wildman–Crippen MR) is 57.9 cm³/mol. The molecule has 0 aliphatic rings. The Hall–Kier alpha value is -2.03. The molecule has 0 fully saturated rings. The maximum atomic E-state index is 9.33. The fourth-order valence-corrected chi connectivity index (χ4v) is 1.46. The van der Waals surface area contributed by atoms with Gasteiger partial charge in [-0.2, -0.15) is 0 Å². The van der Waals surface area contributed by atoms with E-state index in [1.165, 1.54) is 6.20 Å². The zero-order valence-corrected chi connectivity index (χ0v) is 8.34. The zero-order chi connectivity index (χ0) is 10.7. The van der Waals surface area contributed by atoms with Gasteiger partial charge in [-0.15, -0.1) is 0 Å². The molecule has 1 heterocycles. The Morgan fingerprint density at radius 2 is 2.00 bits per heavy atom. The molecule has 3 nitrogen and oxygen atoms in total. The van der Waals surface area contributed by atoms with Crippen LogP contribution in [-0.4, -0.2) is 17.2 Å². The Labute approximate surface area is 88.0 Å². The number of methoxy groups -OCH3 is 1. The number of aromatic nitrogens is 1. The molecule has 2 aromatic rings. The van der Waals surface area contributed by atoms with Gasteiger partial charge in [-0.1, -0.05) is 18.2 Å². The minimum absolute atomic E-state index is 0.151. The van der Waals surface area contributed by atoms with Crippen molar-refractivity contribution in [3.63, 3.8) is 0 Å². The fourth-order valence-electron chi connectivity index (χ4n) is 1.46. The molecule has 0 amide bonds. The molecular weight excluding hydrogens is 190 g/mol. The van der Waals surface area contributed by atoms with Crippen molar-refractivity contribution in [1.29, 1.82) is 0 Å². The second kappa shape index (κ2) is 4.00. The molecule has 0 saturated heterocycles. The maximum absolute atomic E-state index is 9.33. The predicted octanol–water partition coefficient (Wildman–Crippen LogP) is 2.46. The Bertz CT molecular complexity index is 469. The van der Waals surface area contributed by atoms with Crippen molar-refractivity contribution >= 4 is 0 Å². The van der Waals surface area contributed by atoms with Crippen molar-refractivity contribution in [2.24, 2.45) is 0 Å². The second-order valence-electron chi connectivity index (χ2n) is 3.13. The first kappa shape index (κ1) is 9.52. The van der Waals surface area contributed by atoms with Crippen LogP contribution >= 0.6 is 0 Å². The highest BCUT2D eigenvalue weighted by Gasteiger charge is 2.05. The van der Waals surface area contributed by atoms with Crippen LogP contribution < -0.4 is 4.74 Å². The van der Waals surface area contributed by atoms with E-state index in [0.29, 0.717) is 0 Å². The van der Waals surface area contributed by atoms with E-state index in [4.69, 9.17) is 4.74 Å². The van der Waals surface area contributed by atoms with Crippen LogP contribution in [0.5, 0.6) is 11.5 Å². The molecule has 0 atom stereocenters. The summed E-state index contributed by atoms with van der Waals surface area (Å²) in [5, 5.41) is 9.33. The van der Waals surface area contributed by atoms with Gasteiger partial charge in [0.25, 0.3) is 0 Å². The Morgan fingerprint density at radius 3 is 2.73 bits per heavy atom. The quantitative estimate of drug-likeness (QED) is 0.811. The summed E-state index contributed by atoms with van der Waals surface area (Å²) in [6.45, 7) is 0. The third-order valence-electron chi connectivity index (χ3n) is 2.14. The van der Waals surface area contributed by atoms with Crippen LogP contribution in [0.25, 0.3) is 11.1 Å². The van der Waals surface area contributed by atoms with Crippen LogP contribution in [0.2, 0.25) is 0 Å². The standard InChI is InChI=1S/C12H11NO2/c1-15-12-5-3-2-4-11(12)9-6-10(14)8-13-7-9/h2-8,14H,1H3. The molecule has 2 rings (SSSR count). The average Bonchev–Trinajstić information content (AvgIpc) is 2.29. The van der Waals surface area contributed by atoms with Crippen LogP contribution in [0, 0.1) is 0 Å². The highest BCUT2D eigenvalue weighted by Crippen LogP contribution is 2.30. The summed E-state index contributed by atoms with van der Waals surface area (Å²) in [6.07, 6.45) is 3.09. The Morgan fingerprint density at radius 1 is 1.20 bits per heavy atom. The molecule has 15 heavy (non-hydrogen) atoms. The molecule has 76 valence electrons. The van der Waals surface area contributed by atoms with Gasteiger partial charge in [-0.25, -0.2) is 0 Å². The minimum atomic E-state index is 0.151. The first-order chi connectivity index (χ1) is 7.31. The summed E-state index contributed by atoms with van der Waals surface area (Å²) in [5.74, 6) is 0.920. The molecular formula is C12H11NO2. The van der Waals surface area contributed by atoms with Gasteiger partial charge < -0.3 is 9.84 Å². The van der Waals surface area contributed by atoms with Crippen molar-refractivity contribution in [2.75, 3.05) is 7.11 Å². The van der Waals surface area contributed by atoms with Crippen molar-refractivity contribution in [3.8, 4) is 22.6 Å². The maximum Gasteiger partial charge on any atom is 0.134 e. The van der Waals surface area contributed by atoms with Gasteiger partial charge in [-0.05, 0) is 12.1 Å². The van der Waals surface area contributed by atoms with Crippen LogP contribution in [0.1, 0.15) is 0 Å². The molecule has 1 aromatic heterocycles. The molecule has 0 unspecified atom stereocenters. The number of hydrogen-bond donors (Lipinski definition) is 1. The largest absolute Gasteiger partial charge is 0.506 e. The van der Waals surface area contributed by atoms with Crippen molar-refractivity contribution in [1.82, 2.24) is 4.98 Å².